The lowest BCUT2D eigenvalue weighted by molar-refractivity contribution is 0.0787. The maximum atomic E-state index is 5.47. The molecule has 124 valence electrons. The third-order valence-electron chi connectivity index (χ3n) is 5.39. The largest absolute Gasteiger partial charge is 0.468 e. The highest BCUT2D eigenvalue weighted by atomic mass is 16.3. The Morgan fingerprint density at radius 3 is 2.87 bits per heavy atom. The van der Waals surface area contributed by atoms with Gasteiger partial charge in [0.15, 0.2) is 0 Å². The van der Waals surface area contributed by atoms with E-state index in [2.05, 4.69) is 25.8 Å². The van der Waals surface area contributed by atoms with Crippen molar-refractivity contribution in [2.75, 3.05) is 26.2 Å². The standard InChI is InChI=1S/C18H26N4O/c1-3-15(18-19-7-8-20-18)13-22(9-1)16-5-10-21(11-6-16)14-17-4-2-12-23-17/h2,4,7-8,12,15-16H,1,3,5-6,9-11,13-14H2,(H,19,20). The van der Waals surface area contributed by atoms with Crippen LogP contribution < -0.4 is 0 Å². The summed E-state index contributed by atoms with van der Waals surface area (Å²) in [4.78, 5) is 13.0. The lowest BCUT2D eigenvalue weighted by Gasteiger charge is -2.41. The monoisotopic (exact) mass is 314 g/mol. The van der Waals surface area contributed by atoms with E-state index >= 15 is 0 Å². The molecule has 0 spiro atoms. The first-order valence-electron chi connectivity index (χ1n) is 8.86. The number of nitrogens with one attached hydrogen (secondary N) is 1. The Hall–Kier alpha value is -1.59. The molecule has 5 nitrogen and oxygen atoms in total. The molecule has 2 aliphatic rings. The molecule has 0 radical (unpaired) electrons. The van der Waals surface area contributed by atoms with Gasteiger partial charge in [-0.05, 0) is 44.4 Å². The first-order valence-corrected chi connectivity index (χ1v) is 8.86. The zero-order chi connectivity index (χ0) is 15.5. The van der Waals surface area contributed by atoms with Crippen LogP contribution in [0.25, 0.3) is 0 Å². The maximum absolute atomic E-state index is 5.47. The van der Waals surface area contributed by atoms with E-state index in [0.29, 0.717) is 5.92 Å². The molecule has 0 saturated carbocycles. The van der Waals surface area contributed by atoms with Gasteiger partial charge in [-0.1, -0.05) is 0 Å². The van der Waals surface area contributed by atoms with Gasteiger partial charge in [0.05, 0.1) is 12.8 Å². The molecule has 2 fully saturated rings. The molecule has 2 aromatic heterocycles. The number of piperidine rings is 2. The highest BCUT2D eigenvalue weighted by Gasteiger charge is 2.30. The fourth-order valence-electron chi connectivity index (χ4n) is 4.13. The summed E-state index contributed by atoms with van der Waals surface area (Å²) in [5.74, 6) is 2.84. The average Bonchev–Trinajstić information content (AvgIpc) is 3.29. The van der Waals surface area contributed by atoms with Gasteiger partial charge in [0.2, 0.25) is 0 Å². The second-order valence-corrected chi connectivity index (χ2v) is 6.90. The average molecular weight is 314 g/mol. The molecule has 2 aromatic rings. The second-order valence-electron chi connectivity index (χ2n) is 6.90. The number of likely N-dealkylation sites (tertiary alicyclic amines) is 2. The van der Waals surface area contributed by atoms with Gasteiger partial charge in [-0.2, -0.15) is 0 Å². The molecule has 0 aromatic carbocycles. The summed E-state index contributed by atoms with van der Waals surface area (Å²) >= 11 is 0. The zero-order valence-corrected chi connectivity index (χ0v) is 13.7. The fraction of sp³-hybridized carbons (Fsp3) is 0.611. The molecule has 23 heavy (non-hydrogen) atoms. The van der Waals surface area contributed by atoms with Crippen LogP contribution >= 0.6 is 0 Å². The van der Waals surface area contributed by atoms with E-state index in [9.17, 15) is 0 Å². The van der Waals surface area contributed by atoms with Crippen LogP contribution in [-0.4, -0.2) is 52.0 Å². The summed E-state index contributed by atoms with van der Waals surface area (Å²) in [7, 11) is 0. The summed E-state index contributed by atoms with van der Waals surface area (Å²) in [5, 5.41) is 0. The maximum Gasteiger partial charge on any atom is 0.117 e. The molecule has 2 aliphatic heterocycles. The summed E-state index contributed by atoms with van der Waals surface area (Å²) in [5.41, 5.74) is 0. The smallest absolute Gasteiger partial charge is 0.117 e. The zero-order valence-electron chi connectivity index (χ0n) is 13.7. The third-order valence-corrected chi connectivity index (χ3v) is 5.39. The van der Waals surface area contributed by atoms with Crippen LogP contribution in [0.1, 0.15) is 43.2 Å². The van der Waals surface area contributed by atoms with Gasteiger partial charge in [-0.3, -0.25) is 9.80 Å². The predicted octanol–water partition coefficient (Wildman–Crippen LogP) is 2.85. The number of hydrogen-bond acceptors (Lipinski definition) is 4. The van der Waals surface area contributed by atoms with Gasteiger partial charge in [-0.15, -0.1) is 0 Å². The summed E-state index contributed by atoms with van der Waals surface area (Å²) in [6, 6.07) is 4.79. The lowest BCUT2D eigenvalue weighted by atomic mass is 9.93. The van der Waals surface area contributed by atoms with Crippen LogP contribution in [-0.2, 0) is 6.54 Å². The minimum absolute atomic E-state index is 0.583. The highest BCUT2D eigenvalue weighted by molar-refractivity contribution is 5.01. The SMILES string of the molecule is c1coc(CN2CCC(N3CCCC(c4ncc[nH]4)C3)CC2)c1. The van der Waals surface area contributed by atoms with Crippen molar-refractivity contribution in [1.29, 1.82) is 0 Å². The molecular weight excluding hydrogens is 288 g/mol. The van der Waals surface area contributed by atoms with Crippen LogP contribution in [0, 0.1) is 0 Å². The quantitative estimate of drug-likeness (QED) is 0.943. The van der Waals surface area contributed by atoms with Crippen molar-refractivity contribution in [2.24, 2.45) is 0 Å². The number of H-pyrrole nitrogens is 1. The molecule has 1 atom stereocenters. The highest BCUT2D eigenvalue weighted by Crippen LogP contribution is 2.28. The molecule has 0 bridgehead atoms. The van der Waals surface area contributed by atoms with Crippen LogP contribution in [0.5, 0.6) is 0 Å². The van der Waals surface area contributed by atoms with Gasteiger partial charge < -0.3 is 9.40 Å². The Balaban J connectivity index is 1.29. The van der Waals surface area contributed by atoms with Gasteiger partial charge in [0, 0.05) is 44.0 Å². The van der Waals surface area contributed by atoms with Crippen molar-refractivity contribution in [2.45, 2.75) is 44.2 Å². The first-order chi connectivity index (χ1) is 11.4. The van der Waals surface area contributed by atoms with Crippen molar-refractivity contribution < 1.29 is 4.42 Å². The Kier molecular flexibility index (Phi) is 4.48. The van der Waals surface area contributed by atoms with Crippen molar-refractivity contribution in [3.8, 4) is 0 Å². The molecule has 0 aliphatic carbocycles. The predicted molar refractivity (Wildman–Crippen MR) is 89.1 cm³/mol. The fourth-order valence-corrected chi connectivity index (χ4v) is 4.13. The molecule has 0 amide bonds. The van der Waals surface area contributed by atoms with Crippen molar-refractivity contribution in [1.82, 2.24) is 19.8 Å². The van der Waals surface area contributed by atoms with E-state index in [1.54, 1.807) is 6.26 Å². The Labute approximate surface area is 137 Å². The van der Waals surface area contributed by atoms with E-state index in [1.165, 1.54) is 51.1 Å². The summed E-state index contributed by atoms with van der Waals surface area (Å²) in [6.07, 6.45) is 10.7. The van der Waals surface area contributed by atoms with Crippen LogP contribution in [0.3, 0.4) is 0 Å². The van der Waals surface area contributed by atoms with Gasteiger partial charge in [0.1, 0.15) is 11.6 Å². The third kappa shape index (κ3) is 3.51. The van der Waals surface area contributed by atoms with Gasteiger partial charge in [0.25, 0.3) is 0 Å². The van der Waals surface area contributed by atoms with Crippen molar-refractivity contribution >= 4 is 0 Å². The molecule has 2 saturated heterocycles. The van der Waals surface area contributed by atoms with E-state index in [-0.39, 0.29) is 0 Å². The number of rotatable bonds is 4. The molecule has 5 heteroatoms. The van der Waals surface area contributed by atoms with E-state index in [0.717, 1.165) is 24.9 Å². The van der Waals surface area contributed by atoms with Crippen LogP contribution in [0.15, 0.2) is 35.2 Å². The van der Waals surface area contributed by atoms with Crippen LogP contribution in [0.4, 0.5) is 0 Å². The number of aromatic amines is 1. The number of furan rings is 1. The number of nitrogens with zero attached hydrogens (tertiary/aromatic N) is 3. The molecule has 4 heterocycles. The summed E-state index contributed by atoms with van der Waals surface area (Å²) in [6.45, 7) is 5.71. The lowest BCUT2D eigenvalue weighted by Crippen LogP contribution is -2.48. The Morgan fingerprint density at radius 2 is 2.13 bits per heavy atom. The first kappa shape index (κ1) is 15.0. The number of aromatic nitrogens is 2. The topological polar surface area (TPSA) is 48.3 Å². The van der Waals surface area contributed by atoms with E-state index < -0.39 is 0 Å². The molecule has 4 rings (SSSR count). The second kappa shape index (κ2) is 6.89. The number of imidazole rings is 1. The Bertz CT molecular complexity index is 572. The van der Waals surface area contributed by atoms with Crippen molar-refractivity contribution in [3.05, 3.63) is 42.4 Å². The minimum atomic E-state index is 0.583. The van der Waals surface area contributed by atoms with Crippen molar-refractivity contribution in [3.63, 3.8) is 0 Å². The van der Waals surface area contributed by atoms with Crippen LogP contribution in [0.2, 0.25) is 0 Å². The molecule has 1 unspecified atom stereocenters. The Morgan fingerprint density at radius 1 is 1.22 bits per heavy atom. The minimum Gasteiger partial charge on any atom is -0.468 e. The van der Waals surface area contributed by atoms with E-state index in [4.69, 9.17) is 4.42 Å². The normalized spacial score (nSPS) is 25.0. The summed E-state index contributed by atoms with van der Waals surface area (Å²) < 4.78 is 5.47. The molecule has 1 N–H and O–H groups in total. The number of hydrogen-bond donors (Lipinski definition) is 1. The van der Waals surface area contributed by atoms with E-state index in [1.807, 2.05) is 18.5 Å². The van der Waals surface area contributed by atoms with Gasteiger partial charge in [-0.25, -0.2) is 4.98 Å². The van der Waals surface area contributed by atoms with Gasteiger partial charge >= 0.3 is 0 Å². The molecular formula is C18H26N4O.